The number of amides is 2. The van der Waals surface area contributed by atoms with E-state index in [4.69, 9.17) is 4.74 Å². The van der Waals surface area contributed by atoms with Crippen molar-refractivity contribution in [3.63, 3.8) is 0 Å². The van der Waals surface area contributed by atoms with Crippen LogP contribution in [-0.4, -0.2) is 45.3 Å². The molecule has 1 aromatic rings. The van der Waals surface area contributed by atoms with Gasteiger partial charge in [-0.1, -0.05) is 188 Å². The summed E-state index contributed by atoms with van der Waals surface area (Å²) in [6.45, 7) is 6.74. The zero-order chi connectivity index (χ0) is 36.3. The predicted molar refractivity (Wildman–Crippen MR) is 209 cm³/mol. The Bertz CT molecular complexity index is 919. The zero-order valence-electron chi connectivity index (χ0n) is 33.1. The Kier molecular flexibility index (Phi) is 31.1. The van der Waals surface area contributed by atoms with E-state index in [9.17, 15) is 14.4 Å². The fraction of sp³-hybridized carbons (Fsp3) is 0.860. The molecule has 2 amide bonds. The molecule has 0 saturated heterocycles. The van der Waals surface area contributed by atoms with Crippen molar-refractivity contribution >= 4 is 17.8 Å². The molecular weight excluding hydrogens is 622 g/mol. The standard InChI is InChI=1S/C43H79N3O4/c1-4-7-9-11-13-15-17-19-20-22-24-26-28-30-32-34-42(48)46(40(43(49)50-35-6-3)36-39-37-44-38-45-39)41(47)33-31-29-27-25-23-21-18-16-14-12-10-8-5-2/h37-38,40H,4-36H2,1-3H3,(H,44,45)/t40-/m0/s1. The number of nitrogens with one attached hydrogen (secondary N) is 1. The molecule has 1 rings (SSSR count). The van der Waals surface area contributed by atoms with Gasteiger partial charge in [-0.15, -0.1) is 0 Å². The summed E-state index contributed by atoms with van der Waals surface area (Å²) in [6, 6.07) is -0.972. The Morgan fingerprint density at radius 3 is 1.24 bits per heavy atom. The molecule has 0 spiro atoms. The van der Waals surface area contributed by atoms with Gasteiger partial charge < -0.3 is 9.72 Å². The Morgan fingerprint density at radius 2 is 0.920 bits per heavy atom. The number of aromatic amines is 1. The zero-order valence-corrected chi connectivity index (χ0v) is 33.1. The second-order valence-corrected chi connectivity index (χ2v) is 14.8. The van der Waals surface area contributed by atoms with Crippen molar-refractivity contribution in [2.75, 3.05) is 6.61 Å². The highest BCUT2D eigenvalue weighted by molar-refractivity contribution is 5.99. The number of esters is 1. The van der Waals surface area contributed by atoms with Crippen LogP contribution in [0.3, 0.4) is 0 Å². The average molecular weight is 702 g/mol. The maximum Gasteiger partial charge on any atom is 0.329 e. The molecule has 1 atom stereocenters. The molecule has 0 saturated carbocycles. The SMILES string of the molecule is CCCCCCCCCCCCCCCCCC(=O)N(C(=O)CCCCCCCCCCCCCCC)[C@@H](Cc1cnc[nH]1)C(=O)OCCC. The van der Waals surface area contributed by atoms with Gasteiger partial charge in [0.1, 0.15) is 6.04 Å². The van der Waals surface area contributed by atoms with E-state index in [1.165, 1.54) is 146 Å². The lowest BCUT2D eigenvalue weighted by atomic mass is 10.0. The van der Waals surface area contributed by atoms with Crippen LogP contribution in [0.5, 0.6) is 0 Å². The molecule has 1 aromatic heterocycles. The number of hydrogen-bond acceptors (Lipinski definition) is 5. The van der Waals surface area contributed by atoms with Gasteiger partial charge in [0.2, 0.25) is 11.8 Å². The highest BCUT2D eigenvalue weighted by atomic mass is 16.5. The third kappa shape index (κ3) is 24.9. The number of carbonyl (C=O) groups is 3. The third-order valence-electron chi connectivity index (χ3n) is 10.0. The van der Waals surface area contributed by atoms with Gasteiger partial charge in [0.25, 0.3) is 0 Å². The van der Waals surface area contributed by atoms with Crippen molar-refractivity contribution in [1.82, 2.24) is 14.9 Å². The summed E-state index contributed by atoms with van der Waals surface area (Å²) in [5, 5.41) is 0. The van der Waals surface area contributed by atoms with Crippen LogP contribution in [0.1, 0.15) is 226 Å². The van der Waals surface area contributed by atoms with Crippen LogP contribution >= 0.6 is 0 Å². The molecule has 0 radical (unpaired) electrons. The molecule has 1 N–H and O–H groups in total. The van der Waals surface area contributed by atoms with E-state index >= 15 is 0 Å². The van der Waals surface area contributed by atoms with Crippen molar-refractivity contribution in [3.05, 3.63) is 18.2 Å². The van der Waals surface area contributed by atoms with Gasteiger partial charge in [-0.05, 0) is 19.3 Å². The number of rotatable bonds is 36. The molecule has 1 heterocycles. The number of unbranched alkanes of at least 4 members (excludes halogenated alkanes) is 26. The molecular formula is C43H79N3O4. The summed E-state index contributed by atoms with van der Waals surface area (Å²) in [7, 11) is 0. The van der Waals surface area contributed by atoms with E-state index in [1.54, 1.807) is 12.5 Å². The first-order chi connectivity index (χ1) is 24.5. The number of H-pyrrole nitrogens is 1. The molecule has 290 valence electrons. The van der Waals surface area contributed by atoms with Crippen LogP contribution in [0.4, 0.5) is 0 Å². The second kappa shape index (κ2) is 33.9. The van der Waals surface area contributed by atoms with Crippen LogP contribution < -0.4 is 0 Å². The van der Waals surface area contributed by atoms with Crippen LogP contribution in [0.2, 0.25) is 0 Å². The number of imidazole rings is 1. The Hall–Kier alpha value is -2.18. The number of ether oxygens (including phenoxy) is 1. The smallest absolute Gasteiger partial charge is 0.329 e. The van der Waals surface area contributed by atoms with Crippen molar-refractivity contribution < 1.29 is 19.1 Å². The molecule has 0 unspecified atom stereocenters. The largest absolute Gasteiger partial charge is 0.464 e. The number of aromatic nitrogens is 2. The number of carbonyl (C=O) groups excluding carboxylic acids is 3. The summed E-state index contributed by atoms with van der Waals surface area (Å²) in [6.07, 6.45) is 39.5. The average Bonchev–Trinajstić information content (AvgIpc) is 3.64. The molecule has 0 aliphatic rings. The van der Waals surface area contributed by atoms with Gasteiger partial charge in [0.05, 0.1) is 12.9 Å². The normalized spacial score (nSPS) is 11.9. The van der Waals surface area contributed by atoms with Crippen LogP contribution in [0.25, 0.3) is 0 Å². The second-order valence-electron chi connectivity index (χ2n) is 14.8. The third-order valence-corrected chi connectivity index (χ3v) is 10.0. The lowest BCUT2D eigenvalue weighted by molar-refractivity contribution is -0.161. The molecule has 0 aliphatic carbocycles. The summed E-state index contributed by atoms with van der Waals surface area (Å²) >= 11 is 0. The summed E-state index contributed by atoms with van der Waals surface area (Å²) in [5.41, 5.74) is 0.710. The summed E-state index contributed by atoms with van der Waals surface area (Å²) in [4.78, 5) is 49.0. The van der Waals surface area contributed by atoms with E-state index in [1.807, 2.05) is 6.92 Å². The number of hydrogen-bond donors (Lipinski definition) is 1. The number of imide groups is 1. The first-order valence-corrected chi connectivity index (χ1v) is 21.5. The monoisotopic (exact) mass is 702 g/mol. The molecule has 50 heavy (non-hydrogen) atoms. The van der Waals surface area contributed by atoms with Crippen molar-refractivity contribution in [2.45, 2.75) is 232 Å². The molecule has 0 bridgehead atoms. The molecule has 7 nitrogen and oxygen atoms in total. The Labute approximate surface area is 308 Å². The van der Waals surface area contributed by atoms with Crippen molar-refractivity contribution in [1.29, 1.82) is 0 Å². The minimum Gasteiger partial charge on any atom is -0.464 e. The highest BCUT2D eigenvalue weighted by Crippen LogP contribution is 2.19. The minimum absolute atomic E-state index is 0.192. The van der Waals surface area contributed by atoms with E-state index in [-0.39, 0.29) is 37.7 Å². The van der Waals surface area contributed by atoms with Gasteiger partial charge in [0.15, 0.2) is 0 Å². The van der Waals surface area contributed by atoms with Gasteiger partial charge in [-0.2, -0.15) is 0 Å². The molecule has 0 aliphatic heterocycles. The minimum atomic E-state index is -0.972. The number of nitrogens with zero attached hydrogens (tertiary/aromatic N) is 2. The first-order valence-electron chi connectivity index (χ1n) is 21.5. The maximum absolute atomic E-state index is 13.7. The van der Waals surface area contributed by atoms with Gasteiger partial charge in [-0.25, -0.2) is 9.78 Å². The quantitative estimate of drug-likeness (QED) is 0.0555. The van der Waals surface area contributed by atoms with Crippen molar-refractivity contribution in [3.8, 4) is 0 Å². The van der Waals surface area contributed by atoms with E-state index in [0.717, 1.165) is 38.5 Å². The van der Waals surface area contributed by atoms with Crippen molar-refractivity contribution in [2.24, 2.45) is 0 Å². The lowest BCUT2D eigenvalue weighted by Crippen LogP contribution is -2.50. The van der Waals surface area contributed by atoms with Gasteiger partial charge >= 0.3 is 5.97 Å². The maximum atomic E-state index is 13.7. The topological polar surface area (TPSA) is 92.4 Å². The first kappa shape index (κ1) is 45.8. The fourth-order valence-corrected chi connectivity index (χ4v) is 6.85. The summed E-state index contributed by atoms with van der Waals surface area (Å²) < 4.78 is 5.52. The highest BCUT2D eigenvalue weighted by Gasteiger charge is 2.35. The van der Waals surface area contributed by atoms with Crippen LogP contribution in [0, 0.1) is 0 Å². The molecule has 0 fully saturated rings. The predicted octanol–water partition coefficient (Wildman–Crippen LogP) is 12.4. The Morgan fingerprint density at radius 1 is 0.560 bits per heavy atom. The summed E-state index contributed by atoms with van der Waals surface area (Å²) in [5.74, 6) is -1.01. The molecule has 0 aromatic carbocycles. The van der Waals surface area contributed by atoms with Crippen LogP contribution in [-0.2, 0) is 25.5 Å². The lowest BCUT2D eigenvalue weighted by Gasteiger charge is -2.29. The molecule has 7 heteroatoms. The van der Waals surface area contributed by atoms with Gasteiger partial charge in [-0.3, -0.25) is 14.5 Å². The Balaban J connectivity index is 2.49. The fourth-order valence-electron chi connectivity index (χ4n) is 6.85. The van der Waals surface area contributed by atoms with E-state index in [0.29, 0.717) is 12.1 Å². The van der Waals surface area contributed by atoms with E-state index < -0.39 is 12.0 Å². The van der Waals surface area contributed by atoms with E-state index in [2.05, 4.69) is 23.8 Å². The van der Waals surface area contributed by atoms with Crippen LogP contribution in [0.15, 0.2) is 12.5 Å². The van der Waals surface area contributed by atoms with Gasteiger partial charge in [0, 0.05) is 31.2 Å².